The lowest BCUT2D eigenvalue weighted by Crippen LogP contribution is -2.14. The fourth-order valence-electron chi connectivity index (χ4n) is 1.62. The second-order valence-electron chi connectivity index (χ2n) is 4.46. The van der Waals surface area contributed by atoms with Gasteiger partial charge in [0.05, 0.1) is 4.90 Å². The number of carbonyl (C=O) groups is 1. The highest BCUT2D eigenvalue weighted by Crippen LogP contribution is 2.14. The van der Waals surface area contributed by atoms with Crippen molar-refractivity contribution in [2.24, 2.45) is 0 Å². The summed E-state index contributed by atoms with van der Waals surface area (Å²) >= 11 is 2.13. The van der Waals surface area contributed by atoms with Gasteiger partial charge in [0.2, 0.25) is 0 Å². The summed E-state index contributed by atoms with van der Waals surface area (Å²) in [6, 6.07) is 13.1. The molecule has 0 amide bonds. The molecule has 0 aromatic heterocycles. The Bertz CT molecular complexity index is 734. The lowest BCUT2D eigenvalue weighted by Gasteiger charge is -2.06. The quantitative estimate of drug-likeness (QED) is 0.427. The molecule has 110 valence electrons. The van der Waals surface area contributed by atoms with E-state index < -0.39 is 16.7 Å². The van der Waals surface area contributed by atoms with E-state index >= 15 is 0 Å². The van der Waals surface area contributed by atoms with Crippen molar-refractivity contribution >= 4 is 38.5 Å². The zero-order valence-electron chi connectivity index (χ0n) is 11.2. The van der Waals surface area contributed by atoms with Gasteiger partial charge in [-0.05, 0) is 53.8 Å². The first-order valence-electron chi connectivity index (χ1n) is 6.13. The third-order valence-corrected chi connectivity index (χ3v) is 4.82. The minimum atomic E-state index is -3.91. The summed E-state index contributed by atoms with van der Waals surface area (Å²) in [5.74, 6) is -0.373. The van der Waals surface area contributed by atoms with Crippen LogP contribution in [-0.2, 0) is 14.3 Å². The molecule has 0 radical (unpaired) electrons. The van der Waals surface area contributed by atoms with Gasteiger partial charge in [0.1, 0.15) is 6.61 Å². The molecular weight excluding hydrogens is 403 g/mol. The van der Waals surface area contributed by atoms with Crippen molar-refractivity contribution in [3.63, 3.8) is 0 Å². The molecule has 0 atom stereocenters. The molecule has 2 aromatic rings. The van der Waals surface area contributed by atoms with Crippen LogP contribution in [-0.4, -0.2) is 20.8 Å². The largest absolute Gasteiger partial charge is 0.297 e. The van der Waals surface area contributed by atoms with E-state index in [1.807, 2.05) is 6.92 Å². The number of halogens is 1. The van der Waals surface area contributed by atoms with Crippen LogP contribution in [0, 0.1) is 10.5 Å². The van der Waals surface area contributed by atoms with Crippen LogP contribution in [0.1, 0.15) is 15.9 Å². The number of aryl methyl sites for hydroxylation is 1. The van der Waals surface area contributed by atoms with Crippen molar-refractivity contribution in [3.8, 4) is 0 Å². The molecule has 0 bridgehead atoms. The molecule has 0 heterocycles. The maximum absolute atomic E-state index is 12.0. The smallest absolute Gasteiger partial charge is 0.291 e. The van der Waals surface area contributed by atoms with E-state index in [9.17, 15) is 13.2 Å². The molecule has 0 aliphatic heterocycles. The number of rotatable bonds is 5. The standard InChI is InChI=1S/C15H13IO4S/c1-11-2-8-14(9-3-11)21(18,19)20-10-15(17)12-4-6-13(16)7-5-12/h2-9H,10H2,1H3. The van der Waals surface area contributed by atoms with E-state index in [1.165, 1.54) is 12.1 Å². The number of carbonyl (C=O) groups excluding carboxylic acids is 1. The molecule has 0 saturated carbocycles. The Morgan fingerprint density at radius 2 is 1.62 bits per heavy atom. The normalized spacial score (nSPS) is 11.3. The summed E-state index contributed by atoms with van der Waals surface area (Å²) in [5, 5.41) is 0. The number of ketones is 1. The van der Waals surface area contributed by atoms with Gasteiger partial charge >= 0.3 is 0 Å². The maximum atomic E-state index is 12.0. The summed E-state index contributed by atoms with van der Waals surface area (Å²) in [7, 11) is -3.91. The topological polar surface area (TPSA) is 60.4 Å². The van der Waals surface area contributed by atoms with Crippen LogP contribution < -0.4 is 0 Å². The maximum Gasteiger partial charge on any atom is 0.297 e. The highest BCUT2D eigenvalue weighted by atomic mass is 127. The molecule has 0 fully saturated rings. The fraction of sp³-hybridized carbons (Fsp3) is 0.133. The van der Waals surface area contributed by atoms with Gasteiger partial charge in [0.25, 0.3) is 10.1 Å². The zero-order valence-corrected chi connectivity index (χ0v) is 14.2. The van der Waals surface area contributed by atoms with Crippen LogP contribution in [0.2, 0.25) is 0 Å². The van der Waals surface area contributed by atoms with Gasteiger partial charge in [0, 0.05) is 9.13 Å². The van der Waals surface area contributed by atoms with Gasteiger partial charge in [-0.15, -0.1) is 0 Å². The first kappa shape index (κ1) is 16.1. The molecule has 0 aliphatic carbocycles. The summed E-state index contributed by atoms with van der Waals surface area (Å²) in [6.07, 6.45) is 0. The van der Waals surface area contributed by atoms with Crippen LogP contribution in [0.4, 0.5) is 0 Å². The van der Waals surface area contributed by atoms with E-state index in [1.54, 1.807) is 36.4 Å². The molecule has 21 heavy (non-hydrogen) atoms. The fourth-order valence-corrected chi connectivity index (χ4v) is 2.85. The summed E-state index contributed by atoms with van der Waals surface area (Å²) in [6.45, 7) is 1.36. The highest BCUT2D eigenvalue weighted by molar-refractivity contribution is 14.1. The SMILES string of the molecule is Cc1ccc(S(=O)(=O)OCC(=O)c2ccc(I)cc2)cc1. The van der Waals surface area contributed by atoms with E-state index in [-0.39, 0.29) is 10.7 Å². The minimum absolute atomic E-state index is 0.0449. The van der Waals surface area contributed by atoms with Crippen LogP contribution in [0.15, 0.2) is 53.4 Å². The Kier molecular flexibility index (Phi) is 5.13. The molecule has 4 nitrogen and oxygen atoms in total. The Balaban J connectivity index is 2.06. The highest BCUT2D eigenvalue weighted by Gasteiger charge is 2.17. The molecule has 0 N–H and O–H groups in total. The predicted molar refractivity (Wildman–Crippen MR) is 87.8 cm³/mol. The Morgan fingerprint density at radius 1 is 1.05 bits per heavy atom. The van der Waals surface area contributed by atoms with E-state index in [2.05, 4.69) is 22.6 Å². The van der Waals surface area contributed by atoms with Crippen LogP contribution in [0.5, 0.6) is 0 Å². The molecule has 0 saturated heterocycles. The van der Waals surface area contributed by atoms with E-state index in [4.69, 9.17) is 4.18 Å². The van der Waals surface area contributed by atoms with Crippen LogP contribution in [0.25, 0.3) is 0 Å². The first-order chi connectivity index (χ1) is 9.88. The van der Waals surface area contributed by atoms with Crippen molar-refractivity contribution in [2.45, 2.75) is 11.8 Å². The monoisotopic (exact) mass is 416 g/mol. The van der Waals surface area contributed by atoms with Gasteiger partial charge in [-0.3, -0.25) is 8.98 Å². The molecule has 2 rings (SSSR count). The second-order valence-corrected chi connectivity index (χ2v) is 7.32. The van der Waals surface area contributed by atoms with Gasteiger partial charge in [0.15, 0.2) is 5.78 Å². The zero-order chi connectivity index (χ0) is 15.5. The Hall–Kier alpha value is -1.25. The van der Waals surface area contributed by atoms with E-state index in [0.717, 1.165) is 9.13 Å². The third kappa shape index (κ3) is 4.36. The van der Waals surface area contributed by atoms with Crippen molar-refractivity contribution in [2.75, 3.05) is 6.61 Å². The van der Waals surface area contributed by atoms with Crippen molar-refractivity contribution in [1.29, 1.82) is 0 Å². The summed E-state index contributed by atoms with van der Waals surface area (Å²) in [5.41, 5.74) is 1.37. The van der Waals surface area contributed by atoms with Gasteiger partial charge in [-0.1, -0.05) is 29.8 Å². The van der Waals surface area contributed by atoms with Gasteiger partial charge < -0.3 is 0 Å². The van der Waals surface area contributed by atoms with Crippen molar-refractivity contribution < 1.29 is 17.4 Å². The lowest BCUT2D eigenvalue weighted by molar-refractivity contribution is 0.0924. The predicted octanol–water partition coefficient (Wildman–Crippen LogP) is 3.19. The van der Waals surface area contributed by atoms with Gasteiger partial charge in [-0.25, -0.2) is 0 Å². The molecule has 0 unspecified atom stereocenters. The summed E-state index contributed by atoms with van der Waals surface area (Å²) < 4.78 is 29.7. The second kappa shape index (κ2) is 6.67. The average Bonchev–Trinajstić information content (AvgIpc) is 2.46. The number of Topliss-reactive ketones (excluding diaryl/α,β-unsaturated/α-hetero) is 1. The van der Waals surface area contributed by atoms with Crippen molar-refractivity contribution in [1.82, 2.24) is 0 Å². The van der Waals surface area contributed by atoms with Crippen LogP contribution in [0.3, 0.4) is 0 Å². The third-order valence-electron chi connectivity index (χ3n) is 2.82. The average molecular weight is 416 g/mol. The molecular formula is C15H13IO4S. The van der Waals surface area contributed by atoms with Crippen LogP contribution >= 0.6 is 22.6 Å². The van der Waals surface area contributed by atoms with Gasteiger partial charge in [-0.2, -0.15) is 8.42 Å². The molecule has 0 aliphatic rings. The minimum Gasteiger partial charge on any atom is -0.291 e. The molecule has 0 spiro atoms. The summed E-state index contributed by atoms with van der Waals surface area (Å²) in [4.78, 5) is 11.9. The number of hydrogen-bond acceptors (Lipinski definition) is 4. The Labute approximate surface area is 137 Å². The number of benzene rings is 2. The first-order valence-corrected chi connectivity index (χ1v) is 8.62. The van der Waals surface area contributed by atoms with Crippen molar-refractivity contribution in [3.05, 3.63) is 63.2 Å². The lowest BCUT2D eigenvalue weighted by atomic mass is 10.1. The molecule has 6 heteroatoms. The number of hydrogen-bond donors (Lipinski definition) is 0. The molecule has 2 aromatic carbocycles. The Morgan fingerprint density at radius 3 is 2.19 bits per heavy atom. The van der Waals surface area contributed by atoms with E-state index in [0.29, 0.717) is 5.56 Å².